The Labute approximate surface area is 151 Å². The van der Waals surface area contributed by atoms with Gasteiger partial charge in [-0.15, -0.1) is 11.3 Å². The van der Waals surface area contributed by atoms with Crippen LogP contribution in [0.3, 0.4) is 0 Å². The molecule has 0 saturated carbocycles. The number of carbonyl (C=O) groups excluding carboxylic acids is 1. The van der Waals surface area contributed by atoms with Crippen LogP contribution in [0, 0.1) is 0 Å². The summed E-state index contributed by atoms with van der Waals surface area (Å²) in [5.41, 5.74) is 1.03. The van der Waals surface area contributed by atoms with Gasteiger partial charge in [0.2, 0.25) is 5.91 Å². The SMILES string of the molecule is O=C(CCN1CCN(c2ncnc3ccsc23)CC1)N1CCNCC1. The molecule has 8 heteroatoms. The summed E-state index contributed by atoms with van der Waals surface area (Å²) in [5.74, 6) is 1.34. The number of hydrogen-bond acceptors (Lipinski definition) is 7. The topological polar surface area (TPSA) is 64.6 Å². The average Bonchev–Trinajstić information content (AvgIpc) is 3.16. The highest BCUT2D eigenvalue weighted by Crippen LogP contribution is 2.28. The molecule has 0 spiro atoms. The van der Waals surface area contributed by atoms with Gasteiger partial charge in [0.05, 0.1) is 10.2 Å². The predicted molar refractivity (Wildman–Crippen MR) is 100 cm³/mol. The van der Waals surface area contributed by atoms with E-state index in [-0.39, 0.29) is 0 Å². The van der Waals surface area contributed by atoms with Gasteiger partial charge in [0.15, 0.2) is 0 Å². The van der Waals surface area contributed by atoms with E-state index in [1.165, 1.54) is 4.70 Å². The highest BCUT2D eigenvalue weighted by Gasteiger charge is 2.22. The van der Waals surface area contributed by atoms with Crippen molar-refractivity contribution in [1.82, 2.24) is 25.1 Å². The Balaban J connectivity index is 1.28. The minimum absolute atomic E-state index is 0.292. The molecule has 2 aliphatic heterocycles. The fourth-order valence-electron chi connectivity index (χ4n) is 3.51. The number of nitrogens with zero attached hydrogens (tertiary/aromatic N) is 5. The number of nitrogens with one attached hydrogen (secondary N) is 1. The molecule has 4 rings (SSSR count). The maximum atomic E-state index is 12.3. The van der Waals surface area contributed by atoms with Crippen LogP contribution in [0.15, 0.2) is 17.8 Å². The Bertz CT molecular complexity index is 721. The number of fused-ring (bicyclic) bond motifs is 1. The molecule has 0 atom stereocenters. The van der Waals surface area contributed by atoms with Gasteiger partial charge >= 0.3 is 0 Å². The Morgan fingerprint density at radius 2 is 1.92 bits per heavy atom. The zero-order valence-electron chi connectivity index (χ0n) is 14.4. The van der Waals surface area contributed by atoms with Gasteiger partial charge in [0.25, 0.3) is 0 Å². The lowest BCUT2D eigenvalue weighted by Crippen LogP contribution is -2.49. The molecule has 0 unspecified atom stereocenters. The monoisotopic (exact) mass is 360 g/mol. The van der Waals surface area contributed by atoms with Gasteiger partial charge in [-0.05, 0) is 11.4 Å². The molecule has 1 amide bonds. The fraction of sp³-hybridized carbons (Fsp3) is 0.588. The van der Waals surface area contributed by atoms with Crippen LogP contribution in [0.5, 0.6) is 0 Å². The van der Waals surface area contributed by atoms with Crippen molar-refractivity contribution in [3.63, 3.8) is 0 Å². The first-order chi connectivity index (χ1) is 12.3. The van der Waals surface area contributed by atoms with Crippen LogP contribution in [-0.2, 0) is 4.79 Å². The Morgan fingerprint density at radius 3 is 2.72 bits per heavy atom. The Kier molecular flexibility index (Phi) is 5.09. The molecule has 2 aliphatic rings. The molecule has 2 aromatic heterocycles. The van der Waals surface area contributed by atoms with Crippen LogP contribution >= 0.6 is 11.3 Å². The third kappa shape index (κ3) is 3.75. The van der Waals surface area contributed by atoms with Crippen LogP contribution in [0.25, 0.3) is 10.2 Å². The second-order valence-electron chi connectivity index (χ2n) is 6.54. The molecular formula is C17H24N6OS. The van der Waals surface area contributed by atoms with Crippen molar-refractivity contribution >= 4 is 33.3 Å². The second kappa shape index (κ2) is 7.63. The first-order valence-electron chi connectivity index (χ1n) is 8.95. The summed E-state index contributed by atoms with van der Waals surface area (Å²) in [7, 11) is 0. The van der Waals surface area contributed by atoms with Crippen molar-refractivity contribution < 1.29 is 4.79 Å². The smallest absolute Gasteiger partial charge is 0.223 e. The summed E-state index contributed by atoms with van der Waals surface area (Å²) in [5, 5.41) is 5.36. The van der Waals surface area contributed by atoms with Gasteiger partial charge in [0.1, 0.15) is 12.1 Å². The summed E-state index contributed by atoms with van der Waals surface area (Å²) in [6, 6.07) is 2.04. The van der Waals surface area contributed by atoms with Gasteiger partial charge in [-0.2, -0.15) is 0 Å². The predicted octanol–water partition coefficient (Wildman–Crippen LogP) is 0.635. The van der Waals surface area contributed by atoms with Crippen LogP contribution < -0.4 is 10.2 Å². The number of aromatic nitrogens is 2. The molecule has 2 aromatic rings. The van der Waals surface area contributed by atoms with E-state index in [4.69, 9.17) is 0 Å². The van der Waals surface area contributed by atoms with Crippen molar-refractivity contribution in [2.24, 2.45) is 0 Å². The number of hydrogen-bond donors (Lipinski definition) is 1. The third-order valence-electron chi connectivity index (χ3n) is 5.01. The van der Waals surface area contributed by atoms with Crippen molar-refractivity contribution in [2.75, 3.05) is 63.8 Å². The standard InChI is InChI=1S/C17H24N6OS/c24-15(22-6-3-18-4-7-22)1-5-21-8-10-23(11-9-21)17-16-14(2-12-25-16)19-13-20-17/h2,12-13,18H,1,3-11H2. The van der Waals surface area contributed by atoms with E-state index in [1.807, 2.05) is 11.0 Å². The molecule has 2 saturated heterocycles. The van der Waals surface area contributed by atoms with Gasteiger partial charge in [-0.1, -0.05) is 0 Å². The van der Waals surface area contributed by atoms with Gasteiger partial charge in [-0.3, -0.25) is 9.69 Å². The summed E-state index contributed by atoms with van der Waals surface area (Å²) in [6.07, 6.45) is 2.28. The molecule has 134 valence electrons. The van der Waals surface area contributed by atoms with Crippen LogP contribution in [0.1, 0.15) is 6.42 Å². The van der Waals surface area contributed by atoms with Crippen LogP contribution in [0.2, 0.25) is 0 Å². The highest BCUT2D eigenvalue weighted by atomic mass is 32.1. The quantitative estimate of drug-likeness (QED) is 0.863. The van der Waals surface area contributed by atoms with E-state index in [2.05, 4.69) is 30.5 Å². The van der Waals surface area contributed by atoms with E-state index in [1.54, 1.807) is 17.7 Å². The molecule has 4 heterocycles. The van der Waals surface area contributed by atoms with Crippen LogP contribution in [-0.4, -0.2) is 84.6 Å². The zero-order chi connectivity index (χ0) is 17.1. The van der Waals surface area contributed by atoms with Crippen molar-refractivity contribution in [2.45, 2.75) is 6.42 Å². The number of carbonyl (C=O) groups is 1. The Morgan fingerprint density at radius 1 is 1.12 bits per heavy atom. The molecule has 0 aromatic carbocycles. The zero-order valence-corrected chi connectivity index (χ0v) is 15.2. The summed E-state index contributed by atoms with van der Waals surface area (Å²) < 4.78 is 1.17. The average molecular weight is 360 g/mol. The van der Waals surface area contributed by atoms with Gasteiger partial charge in [0, 0.05) is 65.3 Å². The molecule has 25 heavy (non-hydrogen) atoms. The normalized spacial score (nSPS) is 19.5. The first-order valence-corrected chi connectivity index (χ1v) is 9.83. The minimum atomic E-state index is 0.292. The number of thiophene rings is 1. The highest BCUT2D eigenvalue weighted by molar-refractivity contribution is 7.17. The summed E-state index contributed by atoms with van der Waals surface area (Å²) >= 11 is 1.70. The lowest BCUT2D eigenvalue weighted by Gasteiger charge is -2.36. The molecule has 0 aliphatic carbocycles. The molecular weight excluding hydrogens is 336 g/mol. The molecule has 2 fully saturated rings. The van der Waals surface area contributed by atoms with Crippen molar-refractivity contribution in [3.05, 3.63) is 17.8 Å². The largest absolute Gasteiger partial charge is 0.353 e. The van der Waals surface area contributed by atoms with E-state index < -0.39 is 0 Å². The van der Waals surface area contributed by atoms with E-state index in [0.717, 1.165) is 70.2 Å². The number of amides is 1. The fourth-order valence-corrected chi connectivity index (χ4v) is 4.37. The summed E-state index contributed by atoms with van der Waals surface area (Å²) in [4.78, 5) is 27.8. The lowest BCUT2D eigenvalue weighted by atomic mass is 10.2. The van der Waals surface area contributed by atoms with Gasteiger partial charge in [-0.25, -0.2) is 9.97 Å². The maximum Gasteiger partial charge on any atom is 0.223 e. The second-order valence-corrected chi connectivity index (χ2v) is 7.46. The molecule has 0 bridgehead atoms. The summed E-state index contributed by atoms with van der Waals surface area (Å²) in [6.45, 7) is 8.24. The minimum Gasteiger partial charge on any atom is -0.353 e. The number of anilines is 1. The van der Waals surface area contributed by atoms with Crippen LogP contribution in [0.4, 0.5) is 5.82 Å². The van der Waals surface area contributed by atoms with Crippen molar-refractivity contribution in [3.8, 4) is 0 Å². The Hall–Kier alpha value is -1.77. The lowest BCUT2D eigenvalue weighted by molar-refractivity contribution is -0.132. The molecule has 7 nitrogen and oxygen atoms in total. The van der Waals surface area contributed by atoms with Crippen molar-refractivity contribution in [1.29, 1.82) is 0 Å². The first kappa shape index (κ1) is 16.7. The number of rotatable bonds is 4. The van der Waals surface area contributed by atoms with E-state index >= 15 is 0 Å². The van der Waals surface area contributed by atoms with E-state index in [0.29, 0.717) is 12.3 Å². The molecule has 0 radical (unpaired) electrons. The molecule has 1 N–H and O–H groups in total. The van der Waals surface area contributed by atoms with E-state index in [9.17, 15) is 4.79 Å². The van der Waals surface area contributed by atoms with Gasteiger partial charge < -0.3 is 15.1 Å². The number of piperazine rings is 2. The maximum absolute atomic E-state index is 12.3. The third-order valence-corrected chi connectivity index (χ3v) is 5.91.